The number of aromatic amines is 1. The zero-order valence-electron chi connectivity index (χ0n) is 15.7. The maximum atomic E-state index is 5.56. The maximum Gasteiger partial charge on any atom is 0.236 e. The number of guanidine groups is 1. The second-order valence-electron chi connectivity index (χ2n) is 6.35. The van der Waals surface area contributed by atoms with Crippen molar-refractivity contribution >= 4 is 28.2 Å². The Hall–Kier alpha value is -3.06. The van der Waals surface area contributed by atoms with Gasteiger partial charge in [0, 0.05) is 30.2 Å². The van der Waals surface area contributed by atoms with Crippen molar-refractivity contribution in [1.82, 2.24) is 20.6 Å². The third-order valence-electron chi connectivity index (χ3n) is 4.39. The van der Waals surface area contributed by atoms with Gasteiger partial charge in [0.15, 0.2) is 5.96 Å². The van der Waals surface area contributed by atoms with Crippen molar-refractivity contribution in [3.8, 4) is 10.8 Å². The normalized spacial score (nSPS) is 11.8. The molecule has 1 aromatic carbocycles. The molecule has 144 valence electrons. The van der Waals surface area contributed by atoms with Crippen LogP contribution in [-0.4, -0.2) is 29.0 Å². The molecule has 0 amide bonds. The average molecular weight is 394 g/mol. The summed E-state index contributed by atoms with van der Waals surface area (Å²) in [7, 11) is 0. The van der Waals surface area contributed by atoms with E-state index in [-0.39, 0.29) is 0 Å². The van der Waals surface area contributed by atoms with Crippen LogP contribution in [0.25, 0.3) is 21.7 Å². The highest BCUT2D eigenvalue weighted by molar-refractivity contribution is 7.13. The van der Waals surface area contributed by atoms with Gasteiger partial charge in [0.05, 0.1) is 11.4 Å². The minimum absolute atomic E-state index is 0.470. The highest BCUT2D eigenvalue weighted by Gasteiger charge is 2.08. The summed E-state index contributed by atoms with van der Waals surface area (Å²) in [6.07, 6.45) is 4.67. The number of benzene rings is 1. The fourth-order valence-electron chi connectivity index (χ4n) is 3.05. The van der Waals surface area contributed by atoms with Crippen LogP contribution in [0.15, 0.2) is 63.6 Å². The highest BCUT2D eigenvalue weighted by atomic mass is 32.1. The van der Waals surface area contributed by atoms with Gasteiger partial charge >= 0.3 is 0 Å². The number of rotatable bonds is 7. The summed E-state index contributed by atoms with van der Waals surface area (Å²) in [5.74, 6) is 1.43. The first-order chi connectivity index (χ1) is 13.8. The van der Waals surface area contributed by atoms with E-state index >= 15 is 0 Å². The van der Waals surface area contributed by atoms with Crippen LogP contribution in [0.5, 0.6) is 0 Å². The largest absolute Gasteiger partial charge is 0.443 e. The van der Waals surface area contributed by atoms with Gasteiger partial charge in [-0.3, -0.25) is 0 Å². The number of fused-ring (bicyclic) bond motifs is 1. The second-order valence-corrected chi connectivity index (χ2v) is 7.30. The maximum absolute atomic E-state index is 5.56. The Labute approximate surface area is 167 Å². The molecule has 0 radical (unpaired) electrons. The summed E-state index contributed by atoms with van der Waals surface area (Å²) < 4.78 is 5.56. The van der Waals surface area contributed by atoms with Gasteiger partial charge in [-0.15, -0.1) is 11.3 Å². The van der Waals surface area contributed by atoms with Crippen LogP contribution < -0.4 is 10.6 Å². The fraction of sp³-hybridized carbons (Fsp3) is 0.238. The van der Waals surface area contributed by atoms with Crippen molar-refractivity contribution in [2.24, 2.45) is 4.99 Å². The lowest BCUT2D eigenvalue weighted by atomic mass is 10.1. The third kappa shape index (κ3) is 4.26. The first-order valence-corrected chi connectivity index (χ1v) is 10.3. The molecule has 0 aliphatic rings. The molecular weight excluding hydrogens is 370 g/mol. The minimum atomic E-state index is 0.470. The van der Waals surface area contributed by atoms with E-state index in [1.54, 1.807) is 17.6 Å². The molecule has 7 heteroatoms. The van der Waals surface area contributed by atoms with Gasteiger partial charge in [-0.1, -0.05) is 24.3 Å². The number of aliphatic imine (C=N–C) groups is 1. The topological polar surface area (TPSA) is 78.2 Å². The third-order valence-corrected chi connectivity index (χ3v) is 5.25. The van der Waals surface area contributed by atoms with E-state index in [2.05, 4.69) is 56.9 Å². The molecule has 3 aromatic heterocycles. The smallest absolute Gasteiger partial charge is 0.236 e. The predicted molar refractivity (Wildman–Crippen MR) is 115 cm³/mol. The van der Waals surface area contributed by atoms with Gasteiger partial charge in [-0.2, -0.15) is 0 Å². The van der Waals surface area contributed by atoms with E-state index < -0.39 is 0 Å². The number of H-pyrrole nitrogens is 1. The molecule has 4 aromatic rings. The molecule has 0 aliphatic heterocycles. The molecule has 0 fully saturated rings. The fourth-order valence-corrected chi connectivity index (χ4v) is 3.70. The van der Waals surface area contributed by atoms with E-state index in [0.29, 0.717) is 12.4 Å². The number of nitrogens with zero attached hydrogens (tertiary/aromatic N) is 2. The minimum Gasteiger partial charge on any atom is -0.443 e. The van der Waals surface area contributed by atoms with Crippen LogP contribution >= 0.6 is 11.3 Å². The Balaban J connectivity index is 1.35. The number of aromatic nitrogens is 2. The second kappa shape index (κ2) is 8.75. The van der Waals surface area contributed by atoms with Crippen molar-refractivity contribution in [3.63, 3.8) is 0 Å². The Bertz CT molecular complexity index is 1050. The van der Waals surface area contributed by atoms with Gasteiger partial charge in [0.1, 0.15) is 12.0 Å². The number of nitrogens with one attached hydrogen (secondary N) is 3. The summed E-state index contributed by atoms with van der Waals surface area (Å²) in [5.41, 5.74) is 3.29. The SMILES string of the molecule is CCNC(=NCc1coc(-c2cccs2)n1)NCCc1c[nH]c2ccccc12. The lowest BCUT2D eigenvalue weighted by molar-refractivity contribution is 0.574. The number of thiophene rings is 1. The predicted octanol–water partition coefficient (Wildman–Crippen LogP) is 4.18. The molecule has 0 saturated heterocycles. The molecule has 0 spiro atoms. The lowest BCUT2D eigenvalue weighted by Crippen LogP contribution is -2.38. The Morgan fingerprint density at radius 1 is 1.21 bits per heavy atom. The summed E-state index contributed by atoms with van der Waals surface area (Å²) in [6.45, 7) is 4.13. The van der Waals surface area contributed by atoms with E-state index in [0.717, 1.165) is 36.0 Å². The van der Waals surface area contributed by atoms with Crippen molar-refractivity contribution in [2.45, 2.75) is 19.9 Å². The number of oxazole rings is 1. The number of hydrogen-bond acceptors (Lipinski definition) is 4. The summed E-state index contributed by atoms with van der Waals surface area (Å²) in [6, 6.07) is 12.4. The molecule has 0 aliphatic carbocycles. The van der Waals surface area contributed by atoms with Crippen molar-refractivity contribution < 1.29 is 4.42 Å². The van der Waals surface area contributed by atoms with Crippen LogP contribution in [0.3, 0.4) is 0 Å². The van der Waals surface area contributed by atoms with E-state index in [1.807, 2.05) is 23.6 Å². The Morgan fingerprint density at radius 2 is 2.14 bits per heavy atom. The van der Waals surface area contributed by atoms with Crippen LogP contribution in [0.2, 0.25) is 0 Å². The van der Waals surface area contributed by atoms with Crippen LogP contribution in [-0.2, 0) is 13.0 Å². The van der Waals surface area contributed by atoms with Crippen LogP contribution in [0, 0.1) is 0 Å². The van der Waals surface area contributed by atoms with Gasteiger partial charge in [-0.25, -0.2) is 9.98 Å². The molecule has 0 bridgehead atoms. The summed E-state index contributed by atoms with van der Waals surface area (Å²) >= 11 is 1.61. The average Bonchev–Trinajstić information content (AvgIpc) is 3.46. The Kier molecular flexibility index (Phi) is 5.72. The van der Waals surface area contributed by atoms with Crippen molar-refractivity contribution in [1.29, 1.82) is 0 Å². The van der Waals surface area contributed by atoms with Crippen LogP contribution in [0.4, 0.5) is 0 Å². The molecule has 4 rings (SSSR count). The first kappa shape index (κ1) is 18.3. The lowest BCUT2D eigenvalue weighted by Gasteiger charge is -2.10. The molecule has 0 atom stereocenters. The van der Waals surface area contributed by atoms with Gasteiger partial charge in [-0.05, 0) is 36.4 Å². The summed E-state index contributed by atoms with van der Waals surface area (Å²) in [5, 5.41) is 9.96. The standard InChI is InChI=1S/C21H23N5OS/c1-2-22-21(23-10-9-15-12-24-18-7-4-3-6-17(15)18)25-13-16-14-27-20(26-16)19-8-5-11-28-19/h3-8,11-12,14,24H,2,9-10,13H2,1H3,(H2,22,23,25). The first-order valence-electron chi connectivity index (χ1n) is 9.39. The van der Waals surface area contributed by atoms with Crippen molar-refractivity contribution in [3.05, 3.63) is 65.5 Å². The number of para-hydroxylation sites is 1. The Morgan fingerprint density at radius 3 is 3.00 bits per heavy atom. The molecule has 0 unspecified atom stereocenters. The number of hydrogen-bond donors (Lipinski definition) is 3. The summed E-state index contributed by atoms with van der Waals surface area (Å²) in [4.78, 5) is 13.5. The van der Waals surface area contributed by atoms with Crippen molar-refractivity contribution in [2.75, 3.05) is 13.1 Å². The van der Waals surface area contributed by atoms with E-state index in [4.69, 9.17) is 4.42 Å². The monoisotopic (exact) mass is 393 g/mol. The highest BCUT2D eigenvalue weighted by Crippen LogP contribution is 2.23. The van der Waals surface area contributed by atoms with Gasteiger partial charge < -0.3 is 20.0 Å². The van der Waals surface area contributed by atoms with Crippen LogP contribution in [0.1, 0.15) is 18.2 Å². The quantitative estimate of drug-likeness (QED) is 0.325. The zero-order valence-corrected chi connectivity index (χ0v) is 16.6. The molecule has 6 nitrogen and oxygen atoms in total. The van der Waals surface area contributed by atoms with Gasteiger partial charge in [0.2, 0.25) is 5.89 Å². The zero-order chi connectivity index (χ0) is 19.2. The molecule has 28 heavy (non-hydrogen) atoms. The van der Waals surface area contributed by atoms with Gasteiger partial charge in [0.25, 0.3) is 0 Å². The molecule has 3 heterocycles. The van der Waals surface area contributed by atoms with E-state index in [1.165, 1.54) is 16.5 Å². The molecule has 3 N–H and O–H groups in total. The van der Waals surface area contributed by atoms with E-state index in [9.17, 15) is 0 Å². The molecular formula is C21H23N5OS. The molecule has 0 saturated carbocycles.